The van der Waals surface area contributed by atoms with Crippen molar-refractivity contribution in [2.45, 2.75) is 58.4 Å². The third kappa shape index (κ3) is 4.86. The lowest BCUT2D eigenvalue weighted by Gasteiger charge is -2.15. The lowest BCUT2D eigenvalue weighted by Crippen LogP contribution is -2.33. The van der Waals surface area contributed by atoms with Crippen LogP contribution in [-0.2, 0) is 4.79 Å². The van der Waals surface area contributed by atoms with Gasteiger partial charge in [0.25, 0.3) is 5.91 Å². The van der Waals surface area contributed by atoms with Gasteiger partial charge < -0.3 is 10.6 Å². The summed E-state index contributed by atoms with van der Waals surface area (Å²) in [5.41, 5.74) is 1.15. The number of carbonyl (C=O) groups is 2. The van der Waals surface area contributed by atoms with Crippen LogP contribution in [0.1, 0.15) is 62.7 Å². The Morgan fingerprint density at radius 3 is 2.55 bits per heavy atom. The SMILES string of the molecule is CC(C)CCC(=O)Nc1ccccc1C(=O)NC1CCCC1. The number of hydrogen-bond acceptors (Lipinski definition) is 2. The third-order valence-electron chi connectivity index (χ3n) is 4.08. The summed E-state index contributed by atoms with van der Waals surface area (Å²) in [5.74, 6) is 0.369. The molecule has 1 aromatic rings. The van der Waals surface area contributed by atoms with E-state index in [1.165, 1.54) is 12.8 Å². The fourth-order valence-electron chi connectivity index (χ4n) is 2.76. The van der Waals surface area contributed by atoms with E-state index in [-0.39, 0.29) is 17.9 Å². The quantitative estimate of drug-likeness (QED) is 0.841. The molecule has 0 radical (unpaired) electrons. The standard InChI is InChI=1S/C18H26N2O2/c1-13(2)11-12-17(21)20-16-10-6-5-9-15(16)18(22)19-14-7-3-4-8-14/h5-6,9-10,13-14H,3-4,7-8,11-12H2,1-2H3,(H,19,22)(H,20,21). The van der Waals surface area contributed by atoms with E-state index < -0.39 is 0 Å². The molecule has 0 aliphatic heterocycles. The van der Waals surface area contributed by atoms with Crippen LogP contribution < -0.4 is 10.6 Å². The fourth-order valence-corrected chi connectivity index (χ4v) is 2.76. The smallest absolute Gasteiger partial charge is 0.253 e. The van der Waals surface area contributed by atoms with E-state index in [4.69, 9.17) is 0 Å². The molecule has 0 heterocycles. The number of carbonyl (C=O) groups excluding carboxylic acids is 2. The van der Waals surface area contributed by atoms with Crippen molar-refractivity contribution in [1.29, 1.82) is 0 Å². The highest BCUT2D eigenvalue weighted by Crippen LogP contribution is 2.20. The van der Waals surface area contributed by atoms with Crippen molar-refractivity contribution in [2.75, 3.05) is 5.32 Å². The Labute approximate surface area is 132 Å². The van der Waals surface area contributed by atoms with Crippen molar-refractivity contribution in [3.63, 3.8) is 0 Å². The zero-order valence-corrected chi connectivity index (χ0v) is 13.5. The van der Waals surface area contributed by atoms with Gasteiger partial charge in [-0.3, -0.25) is 9.59 Å². The van der Waals surface area contributed by atoms with Gasteiger partial charge in [0.15, 0.2) is 0 Å². The molecule has 0 spiro atoms. The molecule has 1 aliphatic carbocycles. The molecule has 0 bridgehead atoms. The molecule has 0 atom stereocenters. The van der Waals surface area contributed by atoms with Crippen molar-refractivity contribution < 1.29 is 9.59 Å². The van der Waals surface area contributed by atoms with Gasteiger partial charge in [0, 0.05) is 12.5 Å². The van der Waals surface area contributed by atoms with Crippen molar-refractivity contribution in [2.24, 2.45) is 5.92 Å². The molecule has 0 aromatic heterocycles. The van der Waals surface area contributed by atoms with E-state index in [1.807, 2.05) is 12.1 Å². The molecule has 1 aliphatic rings. The first kappa shape index (κ1) is 16.5. The van der Waals surface area contributed by atoms with Gasteiger partial charge >= 0.3 is 0 Å². The highest BCUT2D eigenvalue weighted by Gasteiger charge is 2.20. The molecule has 1 aromatic carbocycles. The monoisotopic (exact) mass is 302 g/mol. The van der Waals surface area contributed by atoms with E-state index in [1.54, 1.807) is 12.1 Å². The minimum atomic E-state index is -0.0911. The molecule has 0 saturated heterocycles. The van der Waals surface area contributed by atoms with Crippen LogP contribution in [0.25, 0.3) is 0 Å². The summed E-state index contributed by atoms with van der Waals surface area (Å²) in [6.07, 6.45) is 5.79. The molecule has 4 heteroatoms. The summed E-state index contributed by atoms with van der Waals surface area (Å²) in [5, 5.41) is 5.94. The number of para-hydroxylation sites is 1. The molecule has 4 nitrogen and oxygen atoms in total. The lowest BCUT2D eigenvalue weighted by atomic mass is 10.1. The fraction of sp³-hybridized carbons (Fsp3) is 0.556. The predicted octanol–water partition coefficient (Wildman–Crippen LogP) is 3.73. The predicted molar refractivity (Wildman–Crippen MR) is 88.9 cm³/mol. The van der Waals surface area contributed by atoms with Gasteiger partial charge in [-0.1, -0.05) is 38.8 Å². The van der Waals surface area contributed by atoms with E-state index in [2.05, 4.69) is 24.5 Å². The zero-order chi connectivity index (χ0) is 15.9. The molecular formula is C18H26N2O2. The Hall–Kier alpha value is -1.84. The Kier molecular flexibility index (Phi) is 5.99. The second-order valence-corrected chi connectivity index (χ2v) is 6.48. The lowest BCUT2D eigenvalue weighted by molar-refractivity contribution is -0.116. The number of hydrogen-bond donors (Lipinski definition) is 2. The van der Waals surface area contributed by atoms with Crippen molar-refractivity contribution in [3.05, 3.63) is 29.8 Å². The van der Waals surface area contributed by atoms with E-state index in [0.29, 0.717) is 23.6 Å². The van der Waals surface area contributed by atoms with Crippen LogP contribution in [0.5, 0.6) is 0 Å². The Balaban J connectivity index is 1.99. The zero-order valence-electron chi connectivity index (χ0n) is 13.5. The summed E-state index contributed by atoms with van der Waals surface area (Å²) in [6.45, 7) is 4.19. The minimum absolute atomic E-state index is 0.0326. The van der Waals surface area contributed by atoms with Crippen LogP contribution in [0.3, 0.4) is 0 Å². The average molecular weight is 302 g/mol. The summed E-state index contributed by atoms with van der Waals surface area (Å²) in [6, 6.07) is 7.49. The van der Waals surface area contributed by atoms with Crippen molar-refractivity contribution in [3.8, 4) is 0 Å². The maximum absolute atomic E-state index is 12.4. The summed E-state index contributed by atoms with van der Waals surface area (Å²) < 4.78 is 0. The summed E-state index contributed by atoms with van der Waals surface area (Å²) in [4.78, 5) is 24.4. The molecule has 2 N–H and O–H groups in total. The number of benzene rings is 1. The van der Waals surface area contributed by atoms with Gasteiger partial charge in [-0.15, -0.1) is 0 Å². The van der Waals surface area contributed by atoms with Crippen LogP contribution in [0.15, 0.2) is 24.3 Å². The summed E-state index contributed by atoms with van der Waals surface area (Å²) >= 11 is 0. The molecule has 2 amide bonds. The molecule has 1 fully saturated rings. The van der Waals surface area contributed by atoms with Crippen molar-refractivity contribution in [1.82, 2.24) is 5.32 Å². The van der Waals surface area contributed by atoms with Gasteiger partial charge in [0.2, 0.25) is 5.91 Å². The molecule has 2 rings (SSSR count). The van der Waals surface area contributed by atoms with Crippen LogP contribution >= 0.6 is 0 Å². The second-order valence-electron chi connectivity index (χ2n) is 6.48. The summed E-state index contributed by atoms with van der Waals surface area (Å²) in [7, 11) is 0. The molecular weight excluding hydrogens is 276 g/mol. The third-order valence-corrected chi connectivity index (χ3v) is 4.08. The minimum Gasteiger partial charge on any atom is -0.349 e. The Morgan fingerprint density at radius 2 is 1.86 bits per heavy atom. The number of nitrogens with one attached hydrogen (secondary N) is 2. The largest absolute Gasteiger partial charge is 0.349 e. The topological polar surface area (TPSA) is 58.2 Å². The van der Waals surface area contributed by atoms with Gasteiger partial charge in [0.05, 0.1) is 11.3 Å². The highest BCUT2D eigenvalue weighted by atomic mass is 16.2. The number of rotatable bonds is 6. The molecule has 22 heavy (non-hydrogen) atoms. The van der Waals surface area contributed by atoms with Gasteiger partial charge in [-0.05, 0) is 37.3 Å². The first-order chi connectivity index (χ1) is 10.6. The number of amides is 2. The van der Waals surface area contributed by atoms with Crippen LogP contribution in [0.2, 0.25) is 0 Å². The molecule has 1 saturated carbocycles. The Bertz CT molecular complexity index is 520. The average Bonchev–Trinajstić information content (AvgIpc) is 2.98. The Morgan fingerprint density at radius 1 is 1.18 bits per heavy atom. The first-order valence-corrected chi connectivity index (χ1v) is 8.26. The highest BCUT2D eigenvalue weighted by molar-refractivity contribution is 6.03. The maximum atomic E-state index is 12.4. The normalized spacial score (nSPS) is 15.0. The van der Waals surface area contributed by atoms with Crippen molar-refractivity contribution >= 4 is 17.5 Å². The van der Waals surface area contributed by atoms with Gasteiger partial charge in [0.1, 0.15) is 0 Å². The van der Waals surface area contributed by atoms with Gasteiger partial charge in [-0.25, -0.2) is 0 Å². The van der Waals surface area contributed by atoms with E-state index >= 15 is 0 Å². The van der Waals surface area contributed by atoms with Gasteiger partial charge in [-0.2, -0.15) is 0 Å². The maximum Gasteiger partial charge on any atom is 0.253 e. The van der Waals surface area contributed by atoms with Crippen LogP contribution in [0, 0.1) is 5.92 Å². The van der Waals surface area contributed by atoms with E-state index in [9.17, 15) is 9.59 Å². The van der Waals surface area contributed by atoms with Crippen LogP contribution in [-0.4, -0.2) is 17.9 Å². The molecule has 0 unspecified atom stereocenters. The molecule has 120 valence electrons. The second kappa shape index (κ2) is 7.97. The number of anilines is 1. The van der Waals surface area contributed by atoms with E-state index in [0.717, 1.165) is 19.3 Å². The first-order valence-electron chi connectivity index (χ1n) is 8.26. The van der Waals surface area contributed by atoms with Crippen LogP contribution in [0.4, 0.5) is 5.69 Å².